The van der Waals surface area contributed by atoms with E-state index in [9.17, 15) is 4.79 Å². The molecule has 4 nitrogen and oxygen atoms in total. The van der Waals surface area contributed by atoms with Crippen molar-refractivity contribution in [3.63, 3.8) is 0 Å². The minimum atomic E-state index is -0.787. The van der Waals surface area contributed by atoms with Crippen LogP contribution in [0.2, 0.25) is 0 Å². The number of aryl methyl sites for hydroxylation is 1. The molecule has 4 heteroatoms. The largest absolute Gasteiger partial charge is 0.481 e. The highest BCUT2D eigenvalue weighted by Crippen LogP contribution is 2.24. The molecule has 0 amide bonds. The summed E-state index contributed by atoms with van der Waals surface area (Å²) in [6, 6.07) is 0. The number of hydrogen-bond donors (Lipinski definition) is 1. The van der Waals surface area contributed by atoms with Gasteiger partial charge in [0.2, 0.25) is 0 Å². The molecule has 0 spiro atoms. The summed E-state index contributed by atoms with van der Waals surface area (Å²) in [6.45, 7) is 5.27. The lowest BCUT2D eigenvalue weighted by Gasteiger charge is -2.15. The SMILES string of the molecule is CC(C)Cc1c(CC(=O)O)nn2c1CCCC2. The molecule has 1 aliphatic rings. The zero-order valence-corrected chi connectivity index (χ0v) is 10.6. The first kappa shape index (κ1) is 12.1. The average molecular weight is 236 g/mol. The predicted octanol–water partition coefficient (Wildman–Crippen LogP) is 2.04. The van der Waals surface area contributed by atoms with Crippen LogP contribution in [0.4, 0.5) is 0 Å². The van der Waals surface area contributed by atoms with E-state index in [1.54, 1.807) is 0 Å². The Labute approximate surface area is 102 Å². The highest BCUT2D eigenvalue weighted by Gasteiger charge is 2.21. The number of fused-ring (bicyclic) bond motifs is 1. The monoisotopic (exact) mass is 236 g/mol. The van der Waals surface area contributed by atoms with Gasteiger partial charge in [-0.05, 0) is 37.2 Å². The highest BCUT2D eigenvalue weighted by atomic mass is 16.4. The molecule has 0 fully saturated rings. The quantitative estimate of drug-likeness (QED) is 0.870. The van der Waals surface area contributed by atoms with E-state index >= 15 is 0 Å². The van der Waals surface area contributed by atoms with Crippen LogP contribution in [0.1, 0.15) is 43.6 Å². The molecule has 2 heterocycles. The minimum Gasteiger partial charge on any atom is -0.481 e. The van der Waals surface area contributed by atoms with E-state index in [-0.39, 0.29) is 6.42 Å². The number of hydrogen-bond acceptors (Lipinski definition) is 2. The fourth-order valence-corrected chi connectivity index (χ4v) is 2.54. The maximum atomic E-state index is 10.9. The number of aromatic nitrogens is 2. The van der Waals surface area contributed by atoms with Crippen LogP contribution in [-0.2, 0) is 30.6 Å². The van der Waals surface area contributed by atoms with Gasteiger partial charge < -0.3 is 5.11 Å². The zero-order valence-electron chi connectivity index (χ0n) is 10.6. The van der Waals surface area contributed by atoms with Gasteiger partial charge in [0.05, 0.1) is 12.1 Å². The molecular weight excluding hydrogens is 216 g/mol. The molecule has 1 N–H and O–H groups in total. The van der Waals surface area contributed by atoms with Crippen molar-refractivity contribution in [2.45, 2.75) is 52.5 Å². The lowest BCUT2D eigenvalue weighted by atomic mass is 9.96. The van der Waals surface area contributed by atoms with Gasteiger partial charge in [0.15, 0.2) is 0 Å². The topological polar surface area (TPSA) is 55.1 Å². The van der Waals surface area contributed by atoms with E-state index in [2.05, 4.69) is 18.9 Å². The van der Waals surface area contributed by atoms with Crippen LogP contribution in [0.25, 0.3) is 0 Å². The Kier molecular flexibility index (Phi) is 3.50. The summed E-state index contributed by atoms with van der Waals surface area (Å²) in [5, 5.41) is 13.4. The first-order valence-electron chi connectivity index (χ1n) is 6.37. The van der Waals surface area contributed by atoms with Crippen LogP contribution in [0.15, 0.2) is 0 Å². The summed E-state index contributed by atoms with van der Waals surface area (Å²) < 4.78 is 2.03. The number of nitrogens with zero attached hydrogens (tertiary/aromatic N) is 2. The molecule has 0 bridgehead atoms. The van der Waals surface area contributed by atoms with Crippen molar-refractivity contribution < 1.29 is 9.90 Å². The molecule has 1 aliphatic heterocycles. The molecule has 1 aromatic rings. The summed E-state index contributed by atoms with van der Waals surface area (Å²) in [4.78, 5) is 10.9. The third kappa shape index (κ3) is 2.68. The number of carboxylic acids is 1. The van der Waals surface area contributed by atoms with Crippen molar-refractivity contribution in [3.8, 4) is 0 Å². The second-order valence-electron chi connectivity index (χ2n) is 5.22. The standard InChI is InChI=1S/C13H20N2O2/c1-9(2)7-10-11(8-13(16)17)14-15-6-4-3-5-12(10)15/h9H,3-8H2,1-2H3,(H,16,17). The molecule has 0 saturated heterocycles. The first-order valence-corrected chi connectivity index (χ1v) is 6.37. The van der Waals surface area contributed by atoms with E-state index < -0.39 is 5.97 Å². The van der Waals surface area contributed by atoms with Crippen molar-refractivity contribution in [2.75, 3.05) is 0 Å². The van der Waals surface area contributed by atoms with Crippen molar-refractivity contribution in [3.05, 3.63) is 17.0 Å². The van der Waals surface area contributed by atoms with Gasteiger partial charge in [0, 0.05) is 12.2 Å². The van der Waals surface area contributed by atoms with Gasteiger partial charge in [-0.1, -0.05) is 13.8 Å². The third-order valence-corrected chi connectivity index (χ3v) is 3.21. The molecule has 2 rings (SSSR count). The van der Waals surface area contributed by atoms with Crippen LogP contribution < -0.4 is 0 Å². The van der Waals surface area contributed by atoms with Crippen molar-refractivity contribution in [2.24, 2.45) is 5.92 Å². The van der Waals surface area contributed by atoms with E-state index in [1.165, 1.54) is 17.7 Å². The lowest BCUT2D eigenvalue weighted by Crippen LogP contribution is -2.12. The summed E-state index contributed by atoms with van der Waals surface area (Å²) >= 11 is 0. The summed E-state index contributed by atoms with van der Waals surface area (Å²) in [7, 11) is 0. The normalized spacial score (nSPS) is 15.0. The Morgan fingerprint density at radius 1 is 1.47 bits per heavy atom. The van der Waals surface area contributed by atoms with Gasteiger partial charge in [-0.25, -0.2) is 0 Å². The number of carboxylic acid groups (broad SMARTS) is 1. The molecule has 0 saturated carbocycles. The fourth-order valence-electron chi connectivity index (χ4n) is 2.54. The molecular formula is C13H20N2O2. The molecule has 0 atom stereocenters. The summed E-state index contributed by atoms with van der Waals surface area (Å²) in [6.07, 6.45) is 4.40. The molecule has 1 aromatic heterocycles. The maximum absolute atomic E-state index is 10.9. The van der Waals surface area contributed by atoms with Gasteiger partial charge in [-0.15, -0.1) is 0 Å². The zero-order chi connectivity index (χ0) is 12.4. The second-order valence-corrected chi connectivity index (χ2v) is 5.22. The van der Waals surface area contributed by atoms with Crippen LogP contribution >= 0.6 is 0 Å². The van der Waals surface area contributed by atoms with Crippen LogP contribution in [-0.4, -0.2) is 20.9 Å². The van der Waals surface area contributed by atoms with Crippen molar-refractivity contribution in [1.82, 2.24) is 9.78 Å². The van der Waals surface area contributed by atoms with E-state index in [1.807, 2.05) is 4.68 Å². The minimum absolute atomic E-state index is 0.0576. The molecule has 94 valence electrons. The number of aliphatic carboxylic acids is 1. The van der Waals surface area contributed by atoms with Crippen LogP contribution in [0.3, 0.4) is 0 Å². The Morgan fingerprint density at radius 3 is 2.88 bits per heavy atom. The second kappa shape index (κ2) is 4.90. The summed E-state index contributed by atoms with van der Waals surface area (Å²) in [5.41, 5.74) is 3.26. The molecule has 0 aliphatic carbocycles. The van der Waals surface area contributed by atoms with Gasteiger partial charge in [0.25, 0.3) is 0 Å². The summed E-state index contributed by atoms with van der Waals surface area (Å²) in [5.74, 6) is -0.246. The first-order chi connectivity index (χ1) is 8.08. The number of rotatable bonds is 4. The fraction of sp³-hybridized carbons (Fsp3) is 0.692. The molecule has 17 heavy (non-hydrogen) atoms. The Bertz CT molecular complexity index is 421. The van der Waals surface area contributed by atoms with Crippen molar-refractivity contribution in [1.29, 1.82) is 0 Å². The van der Waals surface area contributed by atoms with Crippen molar-refractivity contribution >= 4 is 5.97 Å². The predicted molar refractivity (Wildman–Crippen MR) is 65.0 cm³/mol. The third-order valence-electron chi connectivity index (χ3n) is 3.21. The van der Waals surface area contributed by atoms with Gasteiger partial charge >= 0.3 is 5.97 Å². The average Bonchev–Trinajstić information content (AvgIpc) is 2.55. The highest BCUT2D eigenvalue weighted by molar-refractivity contribution is 5.70. The maximum Gasteiger partial charge on any atom is 0.309 e. The van der Waals surface area contributed by atoms with E-state index in [0.29, 0.717) is 5.92 Å². The Hall–Kier alpha value is -1.32. The van der Waals surface area contributed by atoms with Crippen LogP contribution in [0, 0.1) is 5.92 Å². The smallest absolute Gasteiger partial charge is 0.309 e. The Balaban J connectivity index is 2.35. The molecule has 0 aromatic carbocycles. The molecule has 0 radical (unpaired) electrons. The van der Waals surface area contributed by atoms with Gasteiger partial charge in [-0.3, -0.25) is 9.48 Å². The van der Waals surface area contributed by atoms with Crippen LogP contribution in [0.5, 0.6) is 0 Å². The number of carbonyl (C=O) groups is 1. The molecule has 0 unspecified atom stereocenters. The Morgan fingerprint density at radius 2 is 2.24 bits per heavy atom. The van der Waals surface area contributed by atoms with E-state index in [0.717, 1.165) is 31.5 Å². The van der Waals surface area contributed by atoms with Gasteiger partial charge in [0.1, 0.15) is 0 Å². The van der Waals surface area contributed by atoms with E-state index in [4.69, 9.17) is 5.11 Å². The van der Waals surface area contributed by atoms with Gasteiger partial charge in [-0.2, -0.15) is 5.10 Å². The lowest BCUT2D eigenvalue weighted by molar-refractivity contribution is -0.136.